The summed E-state index contributed by atoms with van der Waals surface area (Å²) in [7, 11) is 0. The predicted molar refractivity (Wildman–Crippen MR) is 92.9 cm³/mol. The van der Waals surface area contributed by atoms with E-state index >= 15 is 0 Å². The highest BCUT2D eigenvalue weighted by Gasteiger charge is 2.14. The van der Waals surface area contributed by atoms with E-state index < -0.39 is 0 Å². The first-order valence-electron chi connectivity index (χ1n) is 7.95. The van der Waals surface area contributed by atoms with Crippen LogP contribution >= 0.6 is 11.6 Å². The lowest BCUT2D eigenvalue weighted by Crippen LogP contribution is -2.30. The van der Waals surface area contributed by atoms with Gasteiger partial charge in [-0.2, -0.15) is 0 Å². The summed E-state index contributed by atoms with van der Waals surface area (Å²) in [4.78, 5) is 18.9. The Balaban J connectivity index is 1.66. The summed E-state index contributed by atoms with van der Waals surface area (Å²) < 4.78 is 0. The summed E-state index contributed by atoms with van der Waals surface area (Å²) in [5, 5.41) is 3.56. The Morgan fingerprint density at radius 1 is 1.17 bits per heavy atom. The highest BCUT2D eigenvalue weighted by Crippen LogP contribution is 2.20. The van der Waals surface area contributed by atoms with Gasteiger partial charge in [0.05, 0.1) is 17.4 Å². The van der Waals surface area contributed by atoms with Crippen molar-refractivity contribution in [3.63, 3.8) is 0 Å². The number of hydrogen-bond acceptors (Lipinski definition) is 3. The molecule has 1 saturated heterocycles. The lowest BCUT2D eigenvalue weighted by molar-refractivity contribution is 0.0950. The smallest absolute Gasteiger partial charge is 0.253 e. The van der Waals surface area contributed by atoms with E-state index in [1.807, 2.05) is 36.5 Å². The van der Waals surface area contributed by atoms with Crippen LogP contribution in [0.1, 0.15) is 35.2 Å². The van der Waals surface area contributed by atoms with Crippen LogP contribution in [-0.4, -0.2) is 24.0 Å². The van der Waals surface area contributed by atoms with Gasteiger partial charge in [0.25, 0.3) is 5.91 Å². The number of rotatable bonds is 4. The maximum atomic E-state index is 12.4. The van der Waals surface area contributed by atoms with Crippen LogP contribution in [0.3, 0.4) is 0 Å². The second-order valence-electron chi connectivity index (χ2n) is 5.75. The minimum Gasteiger partial charge on any atom is -0.370 e. The van der Waals surface area contributed by atoms with E-state index in [1.54, 1.807) is 6.20 Å². The Labute approximate surface area is 141 Å². The monoisotopic (exact) mass is 329 g/mol. The summed E-state index contributed by atoms with van der Waals surface area (Å²) in [6, 6.07) is 9.43. The molecule has 5 heteroatoms. The van der Waals surface area contributed by atoms with Crippen molar-refractivity contribution >= 4 is 23.2 Å². The minimum atomic E-state index is -0.128. The first-order chi connectivity index (χ1) is 11.2. The molecule has 0 unspecified atom stereocenters. The molecule has 2 aromatic rings. The summed E-state index contributed by atoms with van der Waals surface area (Å²) in [6.07, 6.45) is 7.11. The molecule has 1 N–H and O–H groups in total. The van der Waals surface area contributed by atoms with Gasteiger partial charge in [0, 0.05) is 30.9 Å². The maximum Gasteiger partial charge on any atom is 0.253 e. The highest BCUT2D eigenvalue weighted by molar-refractivity contribution is 6.31. The van der Waals surface area contributed by atoms with Crippen molar-refractivity contribution in [1.29, 1.82) is 0 Å². The number of carbonyl (C=O) groups is 1. The second-order valence-corrected chi connectivity index (χ2v) is 6.16. The number of piperidine rings is 1. The van der Waals surface area contributed by atoms with Gasteiger partial charge in [0.1, 0.15) is 0 Å². The second kappa shape index (κ2) is 7.47. The molecule has 2 heterocycles. The molecule has 23 heavy (non-hydrogen) atoms. The quantitative estimate of drug-likeness (QED) is 0.931. The molecule has 1 aromatic heterocycles. The molecular weight excluding hydrogens is 310 g/mol. The van der Waals surface area contributed by atoms with Crippen molar-refractivity contribution in [2.75, 3.05) is 18.0 Å². The van der Waals surface area contributed by atoms with Crippen LogP contribution in [0.4, 0.5) is 5.69 Å². The van der Waals surface area contributed by atoms with Gasteiger partial charge in [-0.05, 0) is 37.0 Å². The summed E-state index contributed by atoms with van der Waals surface area (Å²) in [5.41, 5.74) is 2.51. The van der Waals surface area contributed by atoms with Gasteiger partial charge < -0.3 is 10.2 Å². The number of pyridine rings is 1. The van der Waals surface area contributed by atoms with Crippen LogP contribution in [0.5, 0.6) is 0 Å². The third kappa shape index (κ3) is 4.02. The van der Waals surface area contributed by atoms with Crippen LogP contribution in [-0.2, 0) is 6.54 Å². The Morgan fingerprint density at radius 2 is 1.96 bits per heavy atom. The molecule has 3 rings (SSSR count). The van der Waals surface area contributed by atoms with E-state index in [2.05, 4.69) is 15.2 Å². The van der Waals surface area contributed by atoms with Gasteiger partial charge in [-0.15, -0.1) is 0 Å². The number of amides is 1. The average Bonchev–Trinajstić information content (AvgIpc) is 2.62. The molecule has 1 aliphatic heterocycles. The van der Waals surface area contributed by atoms with Crippen molar-refractivity contribution in [2.24, 2.45) is 0 Å². The molecule has 1 amide bonds. The van der Waals surface area contributed by atoms with Gasteiger partial charge >= 0.3 is 0 Å². The molecule has 4 nitrogen and oxygen atoms in total. The summed E-state index contributed by atoms with van der Waals surface area (Å²) in [5.74, 6) is -0.128. The van der Waals surface area contributed by atoms with Crippen molar-refractivity contribution in [3.8, 4) is 0 Å². The van der Waals surface area contributed by atoms with Crippen LogP contribution in [0, 0.1) is 0 Å². The molecule has 0 radical (unpaired) electrons. The van der Waals surface area contributed by atoms with Crippen LogP contribution in [0.25, 0.3) is 0 Å². The van der Waals surface area contributed by atoms with Crippen molar-refractivity contribution in [1.82, 2.24) is 10.3 Å². The van der Waals surface area contributed by atoms with E-state index in [0.717, 1.165) is 24.3 Å². The van der Waals surface area contributed by atoms with Crippen molar-refractivity contribution in [3.05, 3.63) is 58.9 Å². The Bertz CT molecular complexity index is 683. The number of aromatic nitrogens is 1. The molecule has 1 fully saturated rings. The fourth-order valence-corrected chi connectivity index (χ4v) is 3.00. The van der Waals surface area contributed by atoms with Crippen molar-refractivity contribution < 1.29 is 4.79 Å². The summed E-state index contributed by atoms with van der Waals surface area (Å²) in [6.45, 7) is 2.48. The average molecular weight is 330 g/mol. The number of benzene rings is 1. The largest absolute Gasteiger partial charge is 0.370 e. The van der Waals surface area contributed by atoms with E-state index in [9.17, 15) is 4.79 Å². The lowest BCUT2D eigenvalue weighted by Gasteiger charge is -2.28. The van der Waals surface area contributed by atoms with Gasteiger partial charge in [-0.25, -0.2) is 0 Å². The fourth-order valence-electron chi connectivity index (χ4n) is 2.80. The van der Waals surface area contributed by atoms with Gasteiger partial charge in [-0.1, -0.05) is 29.8 Å². The number of nitrogens with one attached hydrogen (secondary N) is 1. The molecule has 0 aliphatic carbocycles. The minimum absolute atomic E-state index is 0.128. The van der Waals surface area contributed by atoms with Crippen LogP contribution in [0.15, 0.2) is 42.7 Å². The normalized spacial score (nSPS) is 14.6. The Hall–Kier alpha value is -2.07. The number of hydrogen-bond donors (Lipinski definition) is 1. The van der Waals surface area contributed by atoms with E-state index in [4.69, 9.17) is 11.6 Å². The predicted octanol–water partition coefficient (Wildman–Crippen LogP) is 3.66. The third-order valence-electron chi connectivity index (χ3n) is 4.10. The number of nitrogens with zero attached hydrogens (tertiary/aromatic N) is 2. The Kier molecular flexibility index (Phi) is 5.13. The highest BCUT2D eigenvalue weighted by atomic mass is 35.5. The maximum absolute atomic E-state index is 12.4. The zero-order valence-electron chi connectivity index (χ0n) is 13.0. The van der Waals surface area contributed by atoms with Crippen LogP contribution < -0.4 is 10.2 Å². The van der Waals surface area contributed by atoms with Gasteiger partial charge in [0.15, 0.2) is 0 Å². The molecule has 1 aliphatic rings. The van der Waals surface area contributed by atoms with E-state index in [1.165, 1.54) is 19.3 Å². The molecule has 0 spiro atoms. The first-order valence-corrected chi connectivity index (χ1v) is 8.33. The third-order valence-corrected chi connectivity index (χ3v) is 4.47. The number of halogens is 1. The molecule has 1 aromatic carbocycles. The molecule has 0 atom stereocenters. The zero-order chi connectivity index (χ0) is 16.1. The topological polar surface area (TPSA) is 45.2 Å². The molecule has 0 bridgehead atoms. The molecule has 0 saturated carbocycles. The van der Waals surface area contributed by atoms with Crippen molar-refractivity contribution in [2.45, 2.75) is 25.8 Å². The molecular formula is C18H20ClN3O. The number of anilines is 1. The van der Waals surface area contributed by atoms with Gasteiger partial charge in [0.2, 0.25) is 0 Å². The first kappa shape index (κ1) is 15.8. The SMILES string of the molecule is O=C(NCc1ccccc1Cl)c1cncc(N2CCCCC2)c1. The molecule has 120 valence electrons. The van der Waals surface area contributed by atoms with Crippen LogP contribution in [0.2, 0.25) is 5.02 Å². The van der Waals surface area contributed by atoms with Gasteiger partial charge in [-0.3, -0.25) is 9.78 Å². The van der Waals surface area contributed by atoms with E-state index in [0.29, 0.717) is 17.1 Å². The number of carbonyl (C=O) groups excluding carboxylic acids is 1. The zero-order valence-corrected chi connectivity index (χ0v) is 13.7. The lowest BCUT2D eigenvalue weighted by atomic mass is 10.1. The standard InChI is InChI=1S/C18H20ClN3O/c19-17-7-3-2-6-14(17)12-21-18(23)15-10-16(13-20-11-15)22-8-4-1-5-9-22/h2-3,6-7,10-11,13H,1,4-5,8-9,12H2,(H,21,23). The Morgan fingerprint density at radius 3 is 2.74 bits per heavy atom. The summed E-state index contributed by atoms with van der Waals surface area (Å²) >= 11 is 6.11. The fraction of sp³-hybridized carbons (Fsp3) is 0.333. The van der Waals surface area contributed by atoms with E-state index in [-0.39, 0.29) is 5.91 Å².